The molecule has 2 rings (SSSR count). The zero-order valence-electron chi connectivity index (χ0n) is 13.4. The summed E-state index contributed by atoms with van der Waals surface area (Å²) in [5, 5.41) is 13.2. The molecule has 0 fully saturated rings. The number of carbonyl (C=O) groups is 2. The summed E-state index contributed by atoms with van der Waals surface area (Å²) in [5.74, 6) is -0.298. The number of furan rings is 1. The second-order valence-electron chi connectivity index (χ2n) is 4.93. The standard InChI is InChI=1S/C16H16N2O7/c1-23-14-6-4-11(18(21)22)9-13(14)17-15(19)10-25-16(20)7-5-12-3-2-8-24-12/h2-4,6,8-9H,5,7,10H2,1H3,(H,17,19). The highest BCUT2D eigenvalue weighted by molar-refractivity contribution is 5.94. The van der Waals surface area contributed by atoms with Crippen LogP contribution in [0.15, 0.2) is 41.0 Å². The topological polar surface area (TPSA) is 121 Å². The fourth-order valence-electron chi connectivity index (χ4n) is 1.99. The molecule has 0 bridgehead atoms. The Hall–Kier alpha value is -3.36. The van der Waals surface area contributed by atoms with E-state index in [0.29, 0.717) is 12.2 Å². The lowest BCUT2D eigenvalue weighted by molar-refractivity contribution is -0.384. The molecule has 25 heavy (non-hydrogen) atoms. The lowest BCUT2D eigenvalue weighted by Gasteiger charge is -2.10. The fraction of sp³-hybridized carbons (Fsp3) is 0.250. The number of nitrogens with one attached hydrogen (secondary N) is 1. The number of non-ortho nitro benzene ring substituents is 1. The first-order valence-electron chi connectivity index (χ1n) is 7.30. The number of amides is 1. The average molecular weight is 348 g/mol. The van der Waals surface area contributed by atoms with Crippen LogP contribution in [0.2, 0.25) is 0 Å². The fourth-order valence-corrected chi connectivity index (χ4v) is 1.99. The van der Waals surface area contributed by atoms with Crippen LogP contribution in [-0.4, -0.2) is 30.5 Å². The van der Waals surface area contributed by atoms with E-state index in [1.54, 1.807) is 12.1 Å². The number of esters is 1. The number of aryl methyl sites for hydroxylation is 1. The molecule has 1 amide bonds. The van der Waals surface area contributed by atoms with Crippen LogP contribution in [0.5, 0.6) is 5.75 Å². The van der Waals surface area contributed by atoms with Crippen LogP contribution in [0, 0.1) is 10.1 Å². The van der Waals surface area contributed by atoms with Gasteiger partial charge in [0.05, 0.1) is 30.4 Å². The Morgan fingerprint density at radius 3 is 2.76 bits per heavy atom. The lowest BCUT2D eigenvalue weighted by Crippen LogP contribution is -2.21. The first-order chi connectivity index (χ1) is 12.0. The average Bonchev–Trinajstić information content (AvgIpc) is 3.11. The van der Waals surface area contributed by atoms with Gasteiger partial charge in [-0.1, -0.05) is 0 Å². The van der Waals surface area contributed by atoms with Gasteiger partial charge in [0, 0.05) is 18.6 Å². The molecule has 132 valence electrons. The van der Waals surface area contributed by atoms with E-state index in [2.05, 4.69) is 5.32 Å². The minimum atomic E-state index is -0.634. The zero-order valence-corrected chi connectivity index (χ0v) is 13.4. The minimum absolute atomic E-state index is 0.0704. The van der Waals surface area contributed by atoms with E-state index in [1.807, 2.05) is 0 Å². The van der Waals surface area contributed by atoms with Crippen molar-refractivity contribution in [1.29, 1.82) is 0 Å². The van der Waals surface area contributed by atoms with Gasteiger partial charge in [0.15, 0.2) is 6.61 Å². The molecule has 1 heterocycles. The number of nitrogens with zero attached hydrogens (tertiary/aromatic N) is 1. The van der Waals surface area contributed by atoms with E-state index in [9.17, 15) is 19.7 Å². The third-order valence-corrected chi connectivity index (χ3v) is 3.19. The monoisotopic (exact) mass is 348 g/mol. The van der Waals surface area contributed by atoms with Crippen molar-refractivity contribution in [1.82, 2.24) is 0 Å². The highest BCUT2D eigenvalue weighted by atomic mass is 16.6. The molecule has 2 aromatic rings. The largest absolute Gasteiger partial charge is 0.495 e. The SMILES string of the molecule is COc1ccc([N+](=O)[O-])cc1NC(=O)COC(=O)CCc1ccco1. The highest BCUT2D eigenvalue weighted by Crippen LogP contribution is 2.28. The molecule has 0 spiro atoms. The van der Waals surface area contributed by atoms with Gasteiger partial charge in [0.2, 0.25) is 0 Å². The molecule has 1 aromatic carbocycles. The Balaban J connectivity index is 1.86. The van der Waals surface area contributed by atoms with Crippen molar-refractivity contribution in [3.8, 4) is 5.75 Å². The minimum Gasteiger partial charge on any atom is -0.495 e. The van der Waals surface area contributed by atoms with Crippen LogP contribution in [0.3, 0.4) is 0 Å². The van der Waals surface area contributed by atoms with E-state index in [0.717, 1.165) is 6.07 Å². The van der Waals surface area contributed by atoms with E-state index in [-0.39, 0.29) is 23.5 Å². The van der Waals surface area contributed by atoms with Crippen molar-refractivity contribution in [2.24, 2.45) is 0 Å². The van der Waals surface area contributed by atoms with Crippen molar-refractivity contribution < 1.29 is 28.4 Å². The number of methoxy groups -OCH3 is 1. The van der Waals surface area contributed by atoms with Crippen molar-refractivity contribution in [3.05, 3.63) is 52.5 Å². The number of hydrogen-bond acceptors (Lipinski definition) is 7. The maximum atomic E-state index is 11.9. The molecule has 0 unspecified atom stereocenters. The summed E-state index contributed by atoms with van der Waals surface area (Å²) in [4.78, 5) is 33.7. The summed E-state index contributed by atoms with van der Waals surface area (Å²) in [6, 6.07) is 7.22. The molecular weight excluding hydrogens is 332 g/mol. The zero-order chi connectivity index (χ0) is 18.2. The normalized spacial score (nSPS) is 10.1. The van der Waals surface area contributed by atoms with E-state index in [1.165, 1.54) is 25.5 Å². The number of hydrogen-bond donors (Lipinski definition) is 1. The molecular formula is C16H16N2O7. The van der Waals surface area contributed by atoms with Gasteiger partial charge in [0.25, 0.3) is 11.6 Å². The summed E-state index contributed by atoms with van der Waals surface area (Å²) in [6.45, 7) is -0.511. The molecule has 1 N–H and O–H groups in total. The molecule has 9 nitrogen and oxygen atoms in total. The van der Waals surface area contributed by atoms with Crippen LogP contribution in [0.4, 0.5) is 11.4 Å². The lowest BCUT2D eigenvalue weighted by atomic mass is 10.2. The predicted molar refractivity (Wildman–Crippen MR) is 86.3 cm³/mol. The summed E-state index contributed by atoms with van der Waals surface area (Å²) in [5.41, 5.74) is -0.0834. The van der Waals surface area contributed by atoms with Gasteiger partial charge < -0.3 is 19.2 Å². The highest BCUT2D eigenvalue weighted by Gasteiger charge is 2.15. The van der Waals surface area contributed by atoms with Crippen LogP contribution in [-0.2, 0) is 20.7 Å². The summed E-state index contributed by atoms with van der Waals surface area (Å²) in [7, 11) is 1.37. The van der Waals surface area contributed by atoms with Gasteiger partial charge in [-0.3, -0.25) is 19.7 Å². The first kappa shape index (κ1) is 18.0. The Morgan fingerprint density at radius 1 is 1.32 bits per heavy atom. The van der Waals surface area contributed by atoms with Gasteiger partial charge in [-0.15, -0.1) is 0 Å². The smallest absolute Gasteiger partial charge is 0.306 e. The van der Waals surface area contributed by atoms with E-state index in [4.69, 9.17) is 13.9 Å². The van der Waals surface area contributed by atoms with Crippen molar-refractivity contribution in [2.45, 2.75) is 12.8 Å². The second kappa shape index (κ2) is 8.48. The van der Waals surface area contributed by atoms with Crippen LogP contribution in [0.1, 0.15) is 12.2 Å². The van der Waals surface area contributed by atoms with E-state index >= 15 is 0 Å². The number of carbonyl (C=O) groups excluding carboxylic acids is 2. The Labute approximate surface area is 142 Å². The molecule has 0 radical (unpaired) electrons. The number of benzene rings is 1. The molecule has 1 aromatic heterocycles. The van der Waals surface area contributed by atoms with Crippen LogP contribution < -0.4 is 10.1 Å². The van der Waals surface area contributed by atoms with Crippen molar-refractivity contribution >= 4 is 23.3 Å². The van der Waals surface area contributed by atoms with Gasteiger partial charge in [0.1, 0.15) is 11.5 Å². The van der Waals surface area contributed by atoms with Gasteiger partial charge in [-0.25, -0.2) is 0 Å². The molecule has 9 heteroatoms. The quantitative estimate of drug-likeness (QED) is 0.441. The van der Waals surface area contributed by atoms with Gasteiger partial charge >= 0.3 is 5.97 Å². The maximum Gasteiger partial charge on any atom is 0.306 e. The summed E-state index contributed by atoms with van der Waals surface area (Å²) >= 11 is 0. The molecule has 0 saturated carbocycles. The Kier molecular flexibility index (Phi) is 6.10. The number of ether oxygens (including phenoxy) is 2. The molecule has 0 aliphatic carbocycles. The molecule has 0 atom stereocenters. The van der Waals surface area contributed by atoms with Crippen molar-refractivity contribution in [3.63, 3.8) is 0 Å². The number of nitro groups is 1. The second-order valence-corrected chi connectivity index (χ2v) is 4.93. The van der Waals surface area contributed by atoms with Gasteiger partial charge in [-0.05, 0) is 18.2 Å². The number of rotatable bonds is 8. The maximum absolute atomic E-state index is 11.9. The first-order valence-corrected chi connectivity index (χ1v) is 7.30. The summed E-state index contributed by atoms with van der Waals surface area (Å²) in [6.07, 6.45) is 1.94. The third kappa shape index (κ3) is 5.34. The van der Waals surface area contributed by atoms with Crippen molar-refractivity contribution in [2.75, 3.05) is 19.0 Å². The predicted octanol–water partition coefficient (Wildman–Crippen LogP) is 2.31. The molecule has 0 aliphatic rings. The molecule has 0 saturated heterocycles. The van der Waals surface area contributed by atoms with E-state index < -0.39 is 23.4 Å². The van der Waals surface area contributed by atoms with Crippen LogP contribution >= 0.6 is 0 Å². The molecule has 0 aliphatic heterocycles. The van der Waals surface area contributed by atoms with Crippen LogP contribution in [0.25, 0.3) is 0 Å². The summed E-state index contributed by atoms with van der Waals surface area (Å²) < 4.78 is 15.0. The third-order valence-electron chi connectivity index (χ3n) is 3.19. The number of anilines is 1. The Morgan fingerprint density at radius 2 is 2.12 bits per heavy atom. The van der Waals surface area contributed by atoms with Gasteiger partial charge in [-0.2, -0.15) is 0 Å². The number of nitro benzene ring substituents is 1. The Bertz CT molecular complexity index is 756.